The average Bonchev–Trinajstić information content (AvgIpc) is 3.05. The predicted molar refractivity (Wildman–Crippen MR) is 119 cm³/mol. The lowest BCUT2D eigenvalue weighted by Gasteiger charge is -2.64. The minimum atomic E-state index is -4.93. The second kappa shape index (κ2) is 8.73. The van der Waals surface area contributed by atoms with Crippen LogP contribution < -0.4 is 0 Å². The van der Waals surface area contributed by atoms with Crippen LogP contribution in [0.1, 0.15) is 78.6 Å². The minimum absolute atomic E-state index is 0.0000898. The summed E-state index contributed by atoms with van der Waals surface area (Å²) < 4.78 is 40.7. The van der Waals surface area contributed by atoms with Gasteiger partial charge in [-0.25, -0.2) is 8.42 Å². The Kier molecular flexibility index (Phi) is 6.71. The number of fused-ring (bicyclic) bond motifs is 5. The van der Waals surface area contributed by atoms with Crippen LogP contribution in [0.2, 0.25) is 0 Å². The van der Waals surface area contributed by atoms with E-state index < -0.39 is 34.0 Å². The molecule has 0 aliphatic heterocycles. The summed E-state index contributed by atoms with van der Waals surface area (Å²) in [5, 5.41) is 30.8. The second-order valence-corrected chi connectivity index (χ2v) is 12.9. The van der Waals surface area contributed by atoms with Gasteiger partial charge in [0.2, 0.25) is 10.4 Å². The quantitative estimate of drug-likeness (QED) is 0.383. The van der Waals surface area contributed by atoms with Crippen molar-refractivity contribution < 1.29 is 37.3 Å². The third-order valence-corrected chi connectivity index (χ3v) is 11.0. The van der Waals surface area contributed by atoms with Crippen LogP contribution in [0.4, 0.5) is 0 Å². The lowest BCUT2D eigenvalue weighted by Crippen LogP contribution is -2.63. The molecule has 0 saturated heterocycles. The minimum Gasteiger partial charge on any atom is -0.726 e. The van der Waals surface area contributed by atoms with Crippen LogP contribution in [-0.2, 0) is 19.4 Å². The summed E-state index contributed by atoms with van der Waals surface area (Å²) in [4.78, 5) is 11.2. The van der Waals surface area contributed by atoms with Crippen LogP contribution in [0.25, 0.3) is 0 Å². The van der Waals surface area contributed by atoms with E-state index >= 15 is 0 Å². The van der Waals surface area contributed by atoms with Gasteiger partial charge >= 0.3 is 5.97 Å². The molecule has 0 aromatic carbocycles. The van der Waals surface area contributed by atoms with Crippen LogP contribution in [0.3, 0.4) is 0 Å². The highest BCUT2D eigenvalue weighted by molar-refractivity contribution is 7.80. The second-order valence-electron chi connectivity index (χ2n) is 11.9. The molecule has 0 unspecified atom stereocenters. The van der Waals surface area contributed by atoms with Crippen LogP contribution in [0.5, 0.6) is 0 Å². The molecule has 11 atom stereocenters. The maximum absolute atomic E-state index is 11.8. The van der Waals surface area contributed by atoms with Crippen LogP contribution in [0.15, 0.2) is 0 Å². The molecule has 0 aromatic heterocycles. The zero-order valence-corrected chi connectivity index (χ0v) is 20.7. The number of carbonyl (C=O) groups is 1. The first-order valence-corrected chi connectivity index (χ1v) is 13.8. The summed E-state index contributed by atoms with van der Waals surface area (Å²) in [6.45, 7) is 6.22. The highest BCUT2D eigenvalue weighted by atomic mass is 32.3. The monoisotopic (exact) mass is 487 g/mol. The van der Waals surface area contributed by atoms with Crippen LogP contribution in [-0.4, -0.2) is 52.6 Å². The molecule has 4 rings (SSSR count). The Balaban J connectivity index is 1.71. The topological polar surface area (TPSA) is 144 Å². The van der Waals surface area contributed by atoms with Gasteiger partial charge in [0, 0.05) is 11.8 Å². The van der Waals surface area contributed by atoms with E-state index in [1.165, 1.54) is 0 Å². The predicted octanol–water partition coefficient (Wildman–Crippen LogP) is 2.93. The summed E-state index contributed by atoms with van der Waals surface area (Å²) in [6, 6.07) is 0. The lowest BCUT2D eigenvalue weighted by atomic mass is 9.43. The van der Waals surface area contributed by atoms with E-state index in [0.29, 0.717) is 32.1 Å². The van der Waals surface area contributed by atoms with Crippen molar-refractivity contribution >= 4 is 16.4 Å². The number of hydrogen-bond donors (Lipinski definition) is 3. The molecule has 0 bridgehead atoms. The SMILES string of the molecule is C[C@H](CCC(=O)O)[C@H]1CC[C@H]2[C@@H]3[C@H](O)C[C@@H]4C[C@H](O)CC[C@]4(C)[C@H]3C[C@H](OS(=O)(=O)[O-])[C@]12C. The summed E-state index contributed by atoms with van der Waals surface area (Å²) in [7, 11) is -4.93. The maximum Gasteiger partial charge on any atom is 0.303 e. The molecule has 0 radical (unpaired) electrons. The molecule has 0 aromatic rings. The maximum atomic E-state index is 11.8. The third kappa shape index (κ3) is 4.37. The normalized spacial score (nSPS) is 48.4. The molecular formula is C24H39O8S-. The van der Waals surface area contributed by atoms with Gasteiger partial charge in [-0.15, -0.1) is 0 Å². The van der Waals surface area contributed by atoms with E-state index in [9.17, 15) is 28.0 Å². The molecule has 4 fully saturated rings. The molecule has 4 saturated carbocycles. The number of carboxylic acid groups (broad SMARTS) is 1. The Bertz CT molecular complexity index is 861. The number of aliphatic carboxylic acids is 1. The molecule has 9 heteroatoms. The van der Waals surface area contributed by atoms with E-state index in [-0.39, 0.29) is 53.4 Å². The van der Waals surface area contributed by atoms with Gasteiger partial charge in [-0.2, -0.15) is 0 Å². The number of aliphatic hydroxyl groups is 2. The van der Waals surface area contributed by atoms with Gasteiger partial charge in [0.05, 0.1) is 18.3 Å². The molecule has 3 N–H and O–H groups in total. The number of hydrogen-bond acceptors (Lipinski definition) is 7. The highest BCUT2D eigenvalue weighted by Gasteiger charge is 2.66. The van der Waals surface area contributed by atoms with E-state index in [1.54, 1.807) is 0 Å². The smallest absolute Gasteiger partial charge is 0.303 e. The third-order valence-electron chi connectivity index (χ3n) is 10.5. The molecular weight excluding hydrogens is 448 g/mol. The number of carboxylic acids is 1. The Hall–Kier alpha value is -0.740. The first-order chi connectivity index (χ1) is 15.3. The Morgan fingerprint density at radius 1 is 1.12 bits per heavy atom. The molecule has 8 nitrogen and oxygen atoms in total. The van der Waals surface area contributed by atoms with Crippen molar-refractivity contribution in [3.05, 3.63) is 0 Å². The molecule has 0 amide bonds. The average molecular weight is 488 g/mol. The molecule has 0 spiro atoms. The van der Waals surface area contributed by atoms with Gasteiger partial charge in [0.1, 0.15) is 0 Å². The van der Waals surface area contributed by atoms with Gasteiger partial charge in [-0.05, 0) is 92.3 Å². The fourth-order valence-corrected chi connectivity index (χ4v) is 9.51. The Morgan fingerprint density at radius 3 is 2.45 bits per heavy atom. The van der Waals surface area contributed by atoms with Crippen molar-refractivity contribution in [2.24, 2.45) is 46.3 Å². The van der Waals surface area contributed by atoms with Crippen LogP contribution >= 0.6 is 0 Å². The summed E-state index contributed by atoms with van der Waals surface area (Å²) in [6.07, 6.45) is 3.58. The first-order valence-electron chi connectivity index (χ1n) is 12.5. The Morgan fingerprint density at radius 2 is 1.82 bits per heavy atom. The van der Waals surface area contributed by atoms with E-state index in [2.05, 4.69) is 6.92 Å². The molecule has 190 valence electrons. The first kappa shape index (κ1) is 25.4. The zero-order valence-electron chi connectivity index (χ0n) is 19.9. The fraction of sp³-hybridized carbons (Fsp3) is 0.958. The van der Waals surface area contributed by atoms with Gasteiger partial charge in [-0.3, -0.25) is 8.98 Å². The molecule has 33 heavy (non-hydrogen) atoms. The van der Waals surface area contributed by atoms with Crippen LogP contribution in [0, 0.1) is 46.3 Å². The van der Waals surface area contributed by atoms with Crippen molar-refractivity contribution in [3.8, 4) is 0 Å². The van der Waals surface area contributed by atoms with E-state index in [0.717, 1.165) is 19.3 Å². The fourth-order valence-electron chi connectivity index (χ4n) is 8.94. The molecule has 0 heterocycles. The van der Waals surface area contributed by atoms with Crippen molar-refractivity contribution in [3.63, 3.8) is 0 Å². The van der Waals surface area contributed by atoms with Crippen molar-refractivity contribution in [2.75, 3.05) is 0 Å². The van der Waals surface area contributed by atoms with E-state index in [1.807, 2.05) is 13.8 Å². The summed E-state index contributed by atoms with van der Waals surface area (Å²) >= 11 is 0. The largest absolute Gasteiger partial charge is 0.726 e. The zero-order chi connectivity index (χ0) is 24.3. The number of rotatable bonds is 6. The van der Waals surface area contributed by atoms with Gasteiger partial charge in [0.25, 0.3) is 0 Å². The molecule has 4 aliphatic carbocycles. The Labute approximate surface area is 197 Å². The summed E-state index contributed by atoms with van der Waals surface area (Å²) in [5.41, 5.74) is -0.777. The van der Waals surface area contributed by atoms with Gasteiger partial charge in [0.15, 0.2) is 0 Å². The van der Waals surface area contributed by atoms with Crippen molar-refractivity contribution in [2.45, 2.75) is 96.9 Å². The summed E-state index contributed by atoms with van der Waals surface area (Å²) in [5.74, 6) is -0.671. The van der Waals surface area contributed by atoms with E-state index in [4.69, 9.17) is 9.29 Å². The number of aliphatic hydroxyl groups excluding tert-OH is 2. The molecule has 4 aliphatic rings. The van der Waals surface area contributed by atoms with Gasteiger partial charge in [-0.1, -0.05) is 20.8 Å². The standard InChI is InChI=1S/C24H40O8S/c1-13(4-7-21(27)28)16-5-6-17-22-18(12-20(24(16,17)3)32-33(29,30)31)23(2)9-8-15(25)10-14(23)11-19(22)26/h13-20,22,25-26H,4-12H2,1-3H3,(H,27,28)(H,29,30,31)/p-1/t13-,14+,15-,16-,17+,18+,19-,20+,22+,23+,24-/m1/s1. The van der Waals surface area contributed by atoms with Crippen molar-refractivity contribution in [1.82, 2.24) is 0 Å². The van der Waals surface area contributed by atoms with Gasteiger partial charge < -0.3 is 19.9 Å². The highest BCUT2D eigenvalue weighted by Crippen LogP contribution is 2.69. The lowest BCUT2D eigenvalue weighted by molar-refractivity contribution is -0.202. The van der Waals surface area contributed by atoms with Crippen molar-refractivity contribution in [1.29, 1.82) is 0 Å².